The Morgan fingerprint density at radius 1 is 1.15 bits per heavy atom. The molecule has 7 heteroatoms. The highest BCUT2D eigenvalue weighted by Crippen LogP contribution is 2.32. The van der Waals surface area contributed by atoms with Gasteiger partial charge in [-0.15, -0.1) is 0 Å². The number of nitrogens with one attached hydrogen (secondary N) is 1. The summed E-state index contributed by atoms with van der Waals surface area (Å²) < 4.78 is 21.2. The zero-order valence-corrected chi connectivity index (χ0v) is 19.6. The van der Waals surface area contributed by atoms with Crippen LogP contribution < -0.4 is 5.32 Å². The molecule has 1 unspecified atom stereocenters. The largest absolute Gasteiger partial charge is 0.469 e. The Kier molecular flexibility index (Phi) is 7.03. The summed E-state index contributed by atoms with van der Waals surface area (Å²) in [4.78, 5) is 25.0. The smallest absolute Gasteiger partial charge is 0.308 e. The molecule has 0 saturated heterocycles. The molecule has 1 N–H and O–H groups in total. The van der Waals surface area contributed by atoms with Crippen LogP contribution in [0.2, 0.25) is 5.02 Å². The van der Waals surface area contributed by atoms with Crippen molar-refractivity contribution < 1.29 is 18.7 Å². The van der Waals surface area contributed by atoms with E-state index in [-0.39, 0.29) is 29.8 Å². The first kappa shape index (κ1) is 23.3. The third-order valence-corrected chi connectivity index (χ3v) is 6.96. The number of ether oxygens (including phenoxy) is 1. The molecule has 1 atom stereocenters. The molecule has 1 aliphatic carbocycles. The van der Waals surface area contributed by atoms with E-state index in [4.69, 9.17) is 16.3 Å². The Balaban J connectivity index is 1.52. The van der Waals surface area contributed by atoms with Crippen LogP contribution in [0, 0.1) is 17.7 Å². The Labute approximate surface area is 197 Å². The molecule has 3 aromatic rings. The molecule has 0 bridgehead atoms. The maximum Gasteiger partial charge on any atom is 0.308 e. The Morgan fingerprint density at radius 3 is 2.52 bits per heavy atom. The minimum atomic E-state index is -0.442. The van der Waals surface area contributed by atoms with Gasteiger partial charge in [-0.05, 0) is 74.4 Å². The van der Waals surface area contributed by atoms with Crippen molar-refractivity contribution in [1.29, 1.82) is 0 Å². The van der Waals surface area contributed by atoms with E-state index in [0.29, 0.717) is 28.0 Å². The summed E-state index contributed by atoms with van der Waals surface area (Å²) in [6.07, 6.45) is 5.06. The first-order valence-corrected chi connectivity index (χ1v) is 11.6. The van der Waals surface area contributed by atoms with Crippen LogP contribution in [0.3, 0.4) is 0 Å². The maximum atomic E-state index is 14.3. The summed E-state index contributed by atoms with van der Waals surface area (Å²) >= 11 is 5.99. The highest BCUT2D eigenvalue weighted by molar-refractivity contribution is 6.30. The fourth-order valence-electron chi connectivity index (χ4n) is 4.83. The van der Waals surface area contributed by atoms with Gasteiger partial charge >= 0.3 is 5.97 Å². The van der Waals surface area contributed by atoms with Gasteiger partial charge in [0.05, 0.1) is 24.1 Å². The van der Waals surface area contributed by atoms with Crippen molar-refractivity contribution in [3.05, 3.63) is 70.6 Å². The van der Waals surface area contributed by atoms with Gasteiger partial charge in [-0.3, -0.25) is 9.59 Å². The second-order valence-corrected chi connectivity index (χ2v) is 9.29. The summed E-state index contributed by atoms with van der Waals surface area (Å²) in [5.41, 5.74) is 2.05. The zero-order chi connectivity index (χ0) is 23.5. The number of carbonyl (C=O) groups excluding carboxylic acids is 2. The number of fused-ring (bicyclic) bond motifs is 1. The minimum absolute atomic E-state index is 0.0619. The number of hydrogen-bond acceptors (Lipinski definition) is 3. The van der Waals surface area contributed by atoms with Crippen molar-refractivity contribution in [2.75, 3.05) is 7.11 Å². The van der Waals surface area contributed by atoms with Crippen LogP contribution in [-0.2, 0) is 16.1 Å². The molecule has 1 heterocycles. The third-order valence-electron chi connectivity index (χ3n) is 6.71. The van der Waals surface area contributed by atoms with E-state index in [0.717, 1.165) is 31.2 Å². The third kappa shape index (κ3) is 5.22. The van der Waals surface area contributed by atoms with Gasteiger partial charge in [-0.1, -0.05) is 23.7 Å². The van der Waals surface area contributed by atoms with Crippen molar-refractivity contribution >= 4 is 34.4 Å². The van der Waals surface area contributed by atoms with Crippen molar-refractivity contribution in [3.63, 3.8) is 0 Å². The average molecular weight is 471 g/mol. The van der Waals surface area contributed by atoms with Crippen LogP contribution in [0.5, 0.6) is 0 Å². The van der Waals surface area contributed by atoms with E-state index in [1.54, 1.807) is 0 Å². The average Bonchev–Trinajstić information content (AvgIpc) is 3.21. The highest BCUT2D eigenvalue weighted by Gasteiger charge is 2.30. The summed E-state index contributed by atoms with van der Waals surface area (Å²) in [7, 11) is 1.42. The SMILES string of the molecule is COC(=O)C1CCC(C(C)NC(=O)c2cc(F)cc3ccn(Cc4ccc(Cl)cc4)c23)CC1. The second kappa shape index (κ2) is 9.96. The predicted octanol–water partition coefficient (Wildman–Crippen LogP) is 5.58. The number of methoxy groups -OCH3 is 1. The predicted molar refractivity (Wildman–Crippen MR) is 127 cm³/mol. The summed E-state index contributed by atoms with van der Waals surface area (Å²) in [5.74, 6) is -0.692. The first-order chi connectivity index (χ1) is 15.9. The van der Waals surface area contributed by atoms with E-state index in [1.165, 1.54) is 19.2 Å². The number of hydrogen-bond donors (Lipinski definition) is 1. The lowest BCUT2D eigenvalue weighted by Crippen LogP contribution is -2.40. The second-order valence-electron chi connectivity index (χ2n) is 8.86. The molecule has 4 rings (SSSR count). The summed E-state index contributed by atoms with van der Waals surface area (Å²) in [6, 6.07) is 12.0. The van der Waals surface area contributed by atoms with Crippen LogP contribution in [-0.4, -0.2) is 29.6 Å². The normalized spacial score (nSPS) is 19.3. The van der Waals surface area contributed by atoms with Gasteiger partial charge in [0, 0.05) is 29.2 Å². The number of aromatic nitrogens is 1. The molecule has 0 radical (unpaired) electrons. The zero-order valence-electron chi connectivity index (χ0n) is 18.8. The van der Waals surface area contributed by atoms with Gasteiger partial charge < -0.3 is 14.6 Å². The van der Waals surface area contributed by atoms with E-state index in [1.807, 2.05) is 48.0 Å². The van der Waals surface area contributed by atoms with E-state index < -0.39 is 5.82 Å². The minimum Gasteiger partial charge on any atom is -0.469 e. The van der Waals surface area contributed by atoms with Crippen molar-refractivity contribution in [1.82, 2.24) is 9.88 Å². The quantitative estimate of drug-likeness (QED) is 0.478. The Hall–Kier alpha value is -2.86. The summed E-state index contributed by atoms with van der Waals surface area (Å²) in [6.45, 7) is 2.52. The molecule has 0 aliphatic heterocycles. The molecule has 1 saturated carbocycles. The number of carbonyl (C=O) groups is 2. The van der Waals surface area contributed by atoms with Crippen LogP contribution in [0.1, 0.15) is 48.5 Å². The van der Waals surface area contributed by atoms with Crippen molar-refractivity contribution in [2.24, 2.45) is 11.8 Å². The van der Waals surface area contributed by atoms with Gasteiger partial charge in [0.1, 0.15) is 5.82 Å². The van der Waals surface area contributed by atoms with Crippen LogP contribution >= 0.6 is 11.6 Å². The molecule has 1 fully saturated rings. The molecule has 2 aromatic carbocycles. The van der Waals surface area contributed by atoms with Gasteiger partial charge in [0.25, 0.3) is 5.91 Å². The fraction of sp³-hybridized carbons (Fsp3) is 0.385. The van der Waals surface area contributed by atoms with E-state index in [9.17, 15) is 14.0 Å². The topological polar surface area (TPSA) is 60.3 Å². The molecule has 5 nitrogen and oxygen atoms in total. The molecule has 0 spiro atoms. The number of amides is 1. The van der Waals surface area contributed by atoms with Crippen LogP contribution in [0.4, 0.5) is 4.39 Å². The number of rotatable bonds is 6. The number of halogens is 2. The Morgan fingerprint density at radius 2 is 1.85 bits per heavy atom. The van der Waals surface area contributed by atoms with E-state index >= 15 is 0 Å². The van der Waals surface area contributed by atoms with Crippen molar-refractivity contribution in [3.8, 4) is 0 Å². The molecular formula is C26H28ClFN2O3. The van der Waals surface area contributed by atoms with E-state index in [2.05, 4.69) is 5.32 Å². The molecular weight excluding hydrogens is 443 g/mol. The van der Waals surface area contributed by atoms with Gasteiger partial charge in [0.15, 0.2) is 0 Å². The van der Waals surface area contributed by atoms with Gasteiger partial charge in [-0.25, -0.2) is 4.39 Å². The maximum absolute atomic E-state index is 14.3. The lowest BCUT2D eigenvalue weighted by atomic mass is 9.79. The number of esters is 1. The summed E-state index contributed by atoms with van der Waals surface area (Å²) in [5, 5.41) is 4.42. The van der Waals surface area contributed by atoms with Crippen LogP contribution in [0.25, 0.3) is 10.9 Å². The Bertz CT molecular complexity index is 1150. The van der Waals surface area contributed by atoms with Crippen LogP contribution in [0.15, 0.2) is 48.7 Å². The molecule has 1 amide bonds. The fourth-order valence-corrected chi connectivity index (χ4v) is 4.95. The first-order valence-electron chi connectivity index (χ1n) is 11.3. The lowest BCUT2D eigenvalue weighted by molar-refractivity contribution is -0.146. The molecule has 33 heavy (non-hydrogen) atoms. The monoisotopic (exact) mass is 470 g/mol. The number of nitrogens with zero attached hydrogens (tertiary/aromatic N) is 1. The van der Waals surface area contributed by atoms with Crippen molar-refractivity contribution in [2.45, 2.75) is 45.2 Å². The lowest BCUT2D eigenvalue weighted by Gasteiger charge is -2.31. The number of benzene rings is 2. The highest BCUT2D eigenvalue weighted by atomic mass is 35.5. The molecule has 174 valence electrons. The molecule has 1 aliphatic rings. The van der Waals surface area contributed by atoms with Gasteiger partial charge in [-0.2, -0.15) is 0 Å². The standard InChI is InChI=1S/C26H28ClFN2O3/c1-16(18-5-7-19(8-6-18)26(32)33-2)29-25(31)23-14-22(28)13-20-11-12-30(24(20)23)15-17-3-9-21(27)10-4-17/h3-4,9-14,16,18-19H,5-8,15H2,1-2H3,(H,29,31). The molecule has 1 aromatic heterocycles. The van der Waals surface area contributed by atoms with Gasteiger partial charge in [0.2, 0.25) is 0 Å².